The number of hydrogen-bond acceptors (Lipinski definition) is 7. The van der Waals surface area contributed by atoms with Crippen molar-refractivity contribution in [2.24, 2.45) is 5.14 Å². The van der Waals surface area contributed by atoms with Gasteiger partial charge >= 0.3 is 0 Å². The number of aryl methyl sites for hydroxylation is 1. The molecule has 0 aliphatic heterocycles. The highest BCUT2D eigenvalue weighted by Crippen LogP contribution is 2.25. The lowest BCUT2D eigenvalue weighted by molar-refractivity contribution is -0.128. The summed E-state index contributed by atoms with van der Waals surface area (Å²) in [5, 5.41) is 6.25. The first-order valence-electron chi connectivity index (χ1n) is 9.29. The van der Waals surface area contributed by atoms with E-state index >= 15 is 0 Å². The monoisotopic (exact) mass is 497 g/mol. The van der Waals surface area contributed by atoms with E-state index in [1.54, 1.807) is 30.3 Å². The summed E-state index contributed by atoms with van der Waals surface area (Å²) in [5.74, 6) is -0.538. The van der Waals surface area contributed by atoms with Crippen LogP contribution < -0.4 is 20.7 Å². The molecule has 0 radical (unpaired) electrons. The van der Waals surface area contributed by atoms with Gasteiger partial charge in [0.2, 0.25) is 15.9 Å². The SMILES string of the molecule is CCn1c(SCC(=O)NNC(=O)COc2ccc(Cl)cc2)nc2cc(S(N)(=O)=O)ccc21. The molecule has 1 heterocycles. The molecule has 0 aliphatic carbocycles. The van der Waals surface area contributed by atoms with Crippen LogP contribution >= 0.6 is 23.4 Å². The van der Waals surface area contributed by atoms with E-state index in [-0.39, 0.29) is 17.3 Å². The molecule has 32 heavy (non-hydrogen) atoms. The van der Waals surface area contributed by atoms with Crippen LogP contribution in [0.25, 0.3) is 11.0 Å². The average molecular weight is 498 g/mol. The first-order chi connectivity index (χ1) is 15.2. The van der Waals surface area contributed by atoms with Crippen molar-refractivity contribution in [3.05, 3.63) is 47.5 Å². The number of ether oxygens (including phenoxy) is 1. The minimum atomic E-state index is -3.85. The van der Waals surface area contributed by atoms with Gasteiger partial charge in [0.15, 0.2) is 11.8 Å². The van der Waals surface area contributed by atoms with Crippen LogP contribution in [-0.2, 0) is 26.2 Å². The van der Waals surface area contributed by atoms with E-state index in [1.807, 2.05) is 11.5 Å². The highest BCUT2D eigenvalue weighted by atomic mass is 35.5. The molecule has 0 unspecified atom stereocenters. The van der Waals surface area contributed by atoms with Crippen LogP contribution in [-0.4, -0.2) is 42.1 Å². The number of rotatable bonds is 8. The molecule has 0 saturated heterocycles. The number of hydrazine groups is 1. The third-order valence-corrected chi connectivity index (χ3v) is 6.33. The molecule has 0 saturated carbocycles. The fourth-order valence-corrected chi connectivity index (χ4v) is 4.24. The summed E-state index contributed by atoms with van der Waals surface area (Å²) in [4.78, 5) is 28.3. The van der Waals surface area contributed by atoms with E-state index in [0.29, 0.717) is 28.0 Å². The molecule has 3 aromatic rings. The van der Waals surface area contributed by atoms with E-state index in [0.717, 1.165) is 17.3 Å². The summed E-state index contributed by atoms with van der Waals surface area (Å²) in [6, 6.07) is 10.9. The van der Waals surface area contributed by atoms with Crippen molar-refractivity contribution in [1.82, 2.24) is 20.4 Å². The topological polar surface area (TPSA) is 145 Å². The summed E-state index contributed by atoms with van der Waals surface area (Å²) in [6.07, 6.45) is 0. The Balaban J connectivity index is 1.53. The van der Waals surface area contributed by atoms with Gasteiger partial charge in [-0.1, -0.05) is 23.4 Å². The molecule has 13 heteroatoms. The number of halogens is 1. The molecule has 0 fully saturated rings. The second-order valence-corrected chi connectivity index (χ2v) is 9.40. The molecule has 10 nitrogen and oxygen atoms in total. The van der Waals surface area contributed by atoms with Crippen LogP contribution in [0.4, 0.5) is 0 Å². The molecular formula is C19H20ClN5O5S2. The number of imidazole rings is 1. The molecule has 4 N–H and O–H groups in total. The zero-order valence-corrected chi connectivity index (χ0v) is 19.3. The summed E-state index contributed by atoms with van der Waals surface area (Å²) < 4.78 is 30.2. The highest BCUT2D eigenvalue weighted by molar-refractivity contribution is 7.99. The number of nitrogens with one attached hydrogen (secondary N) is 2. The van der Waals surface area contributed by atoms with Crippen LogP contribution in [0.2, 0.25) is 5.02 Å². The van der Waals surface area contributed by atoms with Gasteiger partial charge in [-0.15, -0.1) is 0 Å². The second kappa shape index (κ2) is 10.2. The van der Waals surface area contributed by atoms with E-state index < -0.39 is 21.8 Å². The Morgan fingerprint density at radius 1 is 1.16 bits per heavy atom. The Morgan fingerprint density at radius 3 is 2.50 bits per heavy atom. The highest BCUT2D eigenvalue weighted by Gasteiger charge is 2.16. The fraction of sp³-hybridized carbons (Fsp3) is 0.211. The van der Waals surface area contributed by atoms with Crippen LogP contribution in [0.15, 0.2) is 52.5 Å². The zero-order valence-electron chi connectivity index (χ0n) is 16.9. The summed E-state index contributed by atoms with van der Waals surface area (Å²) in [6.45, 7) is 2.18. The van der Waals surface area contributed by atoms with Gasteiger partial charge in [-0.25, -0.2) is 18.5 Å². The van der Waals surface area contributed by atoms with Gasteiger partial charge in [-0.3, -0.25) is 20.4 Å². The normalized spacial score (nSPS) is 11.3. The Kier molecular flexibility index (Phi) is 7.61. The molecule has 2 amide bonds. The van der Waals surface area contributed by atoms with E-state index in [2.05, 4.69) is 15.8 Å². The van der Waals surface area contributed by atoms with Crippen molar-refractivity contribution in [3.8, 4) is 5.75 Å². The van der Waals surface area contributed by atoms with Gasteiger partial charge < -0.3 is 9.30 Å². The van der Waals surface area contributed by atoms with Crippen molar-refractivity contribution in [2.75, 3.05) is 12.4 Å². The number of benzene rings is 2. The molecule has 3 rings (SSSR count). The number of aromatic nitrogens is 2. The fourth-order valence-electron chi connectivity index (χ4n) is 2.70. The number of thioether (sulfide) groups is 1. The molecule has 1 aromatic heterocycles. The quantitative estimate of drug-likeness (QED) is 0.317. The summed E-state index contributed by atoms with van der Waals surface area (Å²) in [5.41, 5.74) is 5.74. The maximum absolute atomic E-state index is 12.1. The summed E-state index contributed by atoms with van der Waals surface area (Å²) in [7, 11) is -3.85. The van der Waals surface area contributed by atoms with Crippen molar-refractivity contribution in [2.45, 2.75) is 23.5 Å². The van der Waals surface area contributed by atoms with Crippen LogP contribution in [0.5, 0.6) is 5.75 Å². The first kappa shape index (κ1) is 23.9. The predicted octanol–water partition coefficient (Wildman–Crippen LogP) is 1.68. The third-order valence-electron chi connectivity index (χ3n) is 4.19. The molecule has 0 bridgehead atoms. The number of nitrogens with zero attached hydrogens (tertiary/aromatic N) is 2. The third kappa shape index (κ3) is 6.13. The van der Waals surface area contributed by atoms with E-state index in [4.69, 9.17) is 21.5 Å². The lowest BCUT2D eigenvalue weighted by Crippen LogP contribution is -2.44. The van der Waals surface area contributed by atoms with Crippen molar-refractivity contribution < 1.29 is 22.7 Å². The maximum Gasteiger partial charge on any atom is 0.276 e. The van der Waals surface area contributed by atoms with Gasteiger partial charge in [-0.2, -0.15) is 0 Å². The Morgan fingerprint density at radius 2 is 1.84 bits per heavy atom. The van der Waals surface area contributed by atoms with Crippen LogP contribution in [0.1, 0.15) is 6.92 Å². The first-order valence-corrected chi connectivity index (χ1v) is 12.2. The molecule has 0 atom stereocenters. The number of sulfonamides is 1. The molecule has 170 valence electrons. The van der Waals surface area contributed by atoms with Crippen LogP contribution in [0, 0.1) is 0 Å². The standard InChI is InChI=1S/C19H20ClN5O5S2/c1-2-25-16-8-7-14(32(21,28)29)9-15(16)22-19(25)31-11-18(27)24-23-17(26)10-30-13-5-3-12(20)4-6-13/h3-9H,2,10-11H2,1H3,(H,23,26)(H,24,27)(H2,21,28,29). The van der Waals surface area contributed by atoms with Crippen molar-refractivity contribution >= 4 is 56.2 Å². The smallest absolute Gasteiger partial charge is 0.276 e. The predicted molar refractivity (Wildman–Crippen MR) is 121 cm³/mol. The zero-order chi connectivity index (χ0) is 23.3. The van der Waals surface area contributed by atoms with Crippen molar-refractivity contribution in [3.63, 3.8) is 0 Å². The Labute approximate surface area is 193 Å². The Bertz CT molecular complexity index is 1240. The number of nitrogens with two attached hydrogens (primary N) is 1. The number of fused-ring (bicyclic) bond motifs is 1. The van der Waals surface area contributed by atoms with E-state index in [9.17, 15) is 18.0 Å². The van der Waals surface area contributed by atoms with Crippen molar-refractivity contribution in [1.29, 1.82) is 0 Å². The Hall–Kier alpha value is -2.80. The largest absolute Gasteiger partial charge is 0.484 e. The second-order valence-electron chi connectivity index (χ2n) is 6.46. The van der Waals surface area contributed by atoms with Gasteiger partial charge in [0.05, 0.1) is 21.7 Å². The summed E-state index contributed by atoms with van der Waals surface area (Å²) >= 11 is 6.93. The average Bonchev–Trinajstić information content (AvgIpc) is 3.12. The minimum Gasteiger partial charge on any atom is -0.484 e. The van der Waals surface area contributed by atoms with Crippen LogP contribution in [0.3, 0.4) is 0 Å². The lowest BCUT2D eigenvalue weighted by atomic mass is 10.3. The van der Waals surface area contributed by atoms with Gasteiger partial charge in [0.1, 0.15) is 5.75 Å². The number of carbonyl (C=O) groups is 2. The van der Waals surface area contributed by atoms with Gasteiger partial charge in [-0.05, 0) is 49.4 Å². The van der Waals surface area contributed by atoms with E-state index in [1.165, 1.54) is 12.1 Å². The molecular weight excluding hydrogens is 478 g/mol. The number of amides is 2. The van der Waals surface area contributed by atoms with Gasteiger partial charge in [0, 0.05) is 11.6 Å². The van der Waals surface area contributed by atoms with Gasteiger partial charge in [0.25, 0.3) is 5.91 Å². The molecule has 2 aromatic carbocycles. The maximum atomic E-state index is 12.1. The molecule has 0 spiro atoms. The number of carbonyl (C=O) groups excluding carboxylic acids is 2. The lowest BCUT2D eigenvalue weighted by Gasteiger charge is -2.09. The number of primary sulfonamides is 1. The number of hydrogen-bond donors (Lipinski definition) is 3. The molecule has 0 aliphatic rings. The minimum absolute atomic E-state index is 0.0241.